The maximum Gasteiger partial charge on any atom is 0.295 e. The van der Waals surface area contributed by atoms with Crippen LogP contribution in [0.2, 0.25) is 0 Å². The molecule has 2 aromatic heterocycles. The topological polar surface area (TPSA) is 116 Å². The van der Waals surface area contributed by atoms with Crippen molar-refractivity contribution in [1.82, 2.24) is 14.5 Å². The van der Waals surface area contributed by atoms with E-state index in [1.165, 1.54) is 15.9 Å². The highest BCUT2D eigenvalue weighted by atomic mass is 32.2. The highest BCUT2D eigenvalue weighted by molar-refractivity contribution is 7.92. The summed E-state index contributed by atoms with van der Waals surface area (Å²) in [7, 11) is -2.16. The molecule has 1 atom stereocenters. The summed E-state index contributed by atoms with van der Waals surface area (Å²) in [5.41, 5.74) is 3.07. The van der Waals surface area contributed by atoms with Crippen LogP contribution in [0.5, 0.6) is 0 Å². The molecule has 0 bridgehead atoms. The Labute approximate surface area is 249 Å². The molecule has 1 aromatic carbocycles. The van der Waals surface area contributed by atoms with Gasteiger partial charge in [-0.2, -0.15) is 0 Å². The van der Waals surface area contributed by atoms with Crippen molar-refractivity contribution < 1.29 is 31.5 Å². The van der Waals surface area contributed by atoms with Gasteiger partial charge in [0.05, 0.1) is 29.0 Å². The third-order valence-electron chi connectivity index (χ3n) is 8.58. The molecule has 1 saturated carbocycles. The summed E-state index contributed by atoms with van der Waals surface area (Å²) >= 11 is 0. The molecule has 0 spiro atoms. The minimum atomic E-state index is -3.64. The fourth-order valence-corrected chi connectivity index (χ4v) is 6.44. The number of ketones is 1. The molecule has 2 saturated heterocycles. The van der Waals surface area contributed by atoms with E-state index in [1.54, 1.807) is 12.1 Å². The van der Waals surface area contributed by atoms with Gasteiger partial charge in [-0.15, -0.1) is 0 Å². The lowest BCUT2D eigenvalue weighted by Crippen LogP contribution is -2.26. The molecule has 1 aliphatic carbocycles. The van der Waals surface area contributed by atoms with Crippen molar-refractivity contribution in [2.75, 3.05) is 42.7 Å². The zero-order valence-corrected chi connectivity index (χ0v) is 25.2. The molecule has 3 aliphatic rings. The molecule has 0 radical (unpaired) electrons. The van der Waals surface area contributed by atoms with Gasteiger partial charge in [-0.05, 0) is 74.6 Å². The van der Waals surface area contributed by atoms with E-state index in [0.29, 0.717) is 49.0 Å². The van der Waals surface area contributed by atoms with Gasteiger partial charge in [0.2, 0.25) is 10.0 Å². The van der Waals surface area contributed by atoms with Gasteiger partial charge in [0.25, 0.3) is 6.43 Å². The summed E-state index contributed by atoms with van der Waals surface area (Å²) in [6.07, 6.45) is 3.21. The first-order valence-electron chi connectivity index (χ1n) is 14.9. The SMILES string of the molecule is CN(c1cc(C2CCOCC2)ccc1Nc1cc(CC(=O)C2CC2)nc2c1nc(C(F)F)n2C1CCCCO1)S(C)(=O)=O. The second kappa shape index (κ2) is 12.1. The number of sulfonamides is 1. The van der Waals surface area contributed by atoms with Crippen molar-refractivity contribution in [2.45, 2.75) is 69.9 Å². The fraction of sp³-hybridized carbons (Fsp3) is 0.567. The summed E-state index contributed by atoms with van der Waals surface area (Å²) in [5, 5.41) is 3.30. The summed E-state index contributed by atoms with van der Waals surface area (Å²) < 4.78 is 68.2. The largest absolute Gasteiger partial charge is 0.381 e. The number of nitrogens with zero attached hydrogens (tertiary/aromatic N) is 4. The summed E-state index contributed by atoms with van der Waals surface area (Å²) in [4.78, 5) is 21.8. The lowest BCUT2D eigenvalue weighted by atomic mass is 9.91. The van der Waals surface area contributed by atoms with Crippen molar-refractivity contribution in [1.29, 1.82) is 0 Å². The lowest BCUT2D eigenvalue weighted by molar-refractivity contribution is -0.119. The first kappa shape index (κ1) is 29.9. The highest BCUT2D eigenvalue weighted by Crippen LogP contribution is 2.40. The van der Waals surface area contributed by atoms with Crippen molar-refractivity contribution in [3.05, 3.63) is 41.3 Å². The minimum absolute atomic E-state index is 0.00450. The average molecular weight is 618 g/mol. The van der Waals surface area contributed by atoms with E-state index < -0.39 is 28.5 Å². The molecule has 2 aliphatic heterocycles. The van der Waals surface area contributed by atoms with E-state index >= 15 is 0 Å². The maximum atomic E-state index is 14.4. The Morgan fingerprint density at radius 1 is 1.07 bits per heavy atom. The van der Waals surface area contributed by atoms with Gasteiger partial charge in [0, 0.05) is 39.2 Å². The molecule has 10 nitrogen and oxygen atoms in total. The van der Waals surface area contributed by atoms with Crippen LogP contribution in [0.25, 0.3) is 11.2 Å². The zero-order valence-electron chi connectivity index (χ0n) is 24.4. The molecule has 6 rings (SSSR count). The molecule has 0 amide bonds. The number of nitrogens with one attached hydrogen (secondary N) is 1. The second-order valence-electron chi connectivity index (χ2n) is 11.7. The zero-order chi connectivity index (χ0) is 30.3. The van der Waals surface area contributed by atoms with E-state index in [1.807, 2.05) is 12.1 Å². The van der Waals surface area contributed by atoms with Crippen molar-refractivity contribution in [3.63, 3.8) is 0 Å². The van der Waals surface area contributed by atoms with E-state index in [4.69, 9.17) is 9.47 Å². The van der Waals surface area contributed by atoms with E-state index in [2.05, 4.69) is 15.3 Å². The van der Waals surface area contributed by atoms with Gasteiger partial charge in [-0.25, -0.2) is 27.2 Å². The molecule has 4 heterocycles. The van der Waals surface area contributed by atoms with Crippen LogP contribution in [0, 0.1) is 5.92 Å². The third-order valence-corrected chi connectivity index (χ3v) is 9.77. The molecule has 43 heavy (non-hydrogen) atoms. The Balaban J connectivity index is 1.48. The van der Waals surface area contributed by atoms with Gasteiger partial charge >= 0.3 is 0 Å². The Hall–Kier alpha value is -3.16. The Morgan fingerprint density at radius 3 is 2.49 bits per heavy atom. The molecule has 232 valence electrons. The molecule has 3 aromatic rings. The number of rotatable bonds is 10. The predicted octanol–water partition coefficient (Wildman–Crippen LogP) is 5.62. The lowest BCUT2D eigenvalue weighted by Gasteiger charge is -2.26. The normalized spacial score (nSPS) is 20.1. The number of imidazole rings is 1. The molecular formula is C30H37F2N5O5S. The number of ether oxygens (including phenoxy) is 2. The Bertz CT molecular complexity index is 1610. The van der Waals surface area contributed by atoms with E-state index in [-0.39, 0.29) is 35.2 Å². The van der Waals surface area contributed by atoms with Crippen molar-refractivity contribution in [2.24, 2.45) is 5.92 Å². The number of carbonyl (C=O) groups is 1. The highest BCUT2D eigenvalue weighted by Gasteiger charge is 2.32. The van der Waals surface area contributed by atoms with Crippen LogP contribution in [0.4, 0.5) is 25.8 Å². The second-order valence-corrected chi connectivity index (χ2v) is 13.7. The first-order chi connectivity index (χ1) is 20.6. The number of alkyl halides is 2. The molecule has 3 fully saturated rings. The van der Waals surface area contributed by atoms with Gasteiger partial charge < -0.3 is 14.8 Å². The van der Waals surface area contributed by atoms with E-state index in [9.17, 15) is 22.0 Å². The van der Waals surface area contributed by atoms with Crippen LogP contribution in [0.3, 0.4) is 0 Å². The fourth-order valence-electron chi connectivity index (χ4n) is 5.93. The number of carbonyl (C=O) groups excluding carboxylic acids is 1. The van der Waals surface area contributed by atoms with Crippen LogP contribution in [0.15, 0.2) is 24.3 Å². The number of halogens is 2. The Morgan fingerprint density at radius 2 is 1.84 bits per heavy atom. The van der Waals surface area contributed by atoms with Gasteiger partial charge in [0.1, 0.15) is 17.5 Å². The predicted molar refractivity (Wildman–Crippen MR) is 159 cm³/mol. The number of Topliss-reactive ketones (excluding diaryl/α,β-unsaturated/α-hetero) is 1. The van der Waals surface area contributed by atoms with E-state index in [0.717, 1.165) is 50.3 Å². The van der Waals surface area contributed by atoms with Gasteiger partial charge in [0.15, 0.2) is 11.5 Å². The van der Waals surface area contributed by atoms with Crippen LogP contribution < -0.4 is 9.62 Å². The number of aromatic nitrogens is 3. The summed E-state index contributed by atoms with van der Waals surface area (Å²) in [6.45, 7) is 1.72. The van der Waals surface area contributed by atoms with Crippen molar-refractivity contribution in [3.8, 4) is 0 Å². The number of anilines is 3. The monoisotopic (exact) mass is 617 g/mol. The molecule has 1 unspecified atom stereocenters. The van der Waals surface area contributed by atoms with Crippen LogP contribution in [0.1, 0.15) is 80.6 Å². The summed E-state index contributed by atoms with van der Waals surface area (Å²) in [6, 6.07) is 7.27. The van der Waals surface area contributed by atoms with Crippen LogP contribution >= 0.6 is 0 Å². The standard InChI is InChI=1S/C30H37F2N5O5S/c1-36(43(2,39)40)24-15-20(18-10-13-41-14-11-18)8-9-22(24)34-23-16-21(17-25(38)19-6-7-19)33-29-27(23)35-30(28(31)32)37(29)26-5-3-4-12-42-26/h8-9,15-16,18-19,26,28H,3-7,10-14,17H2,1-2H3,(H,33,34). The van der Waals surface area contributed by atoms with Crippen LogP contribution in [-0.4, -0.2) is 61.9 Å². The van der Waals surface area contributed by atoms with Gasteiger partial charge in [-0.1, -0.05) is 6.07 Å². The van der Waals surface area contributed by atoms with Crippen molar-refractivity contribution >= 4 is 44.0 Å². The average Bonchev–Trinajstić information content (AvgIpc) is 3.78. The van der Waals surface area contributed by atoms with Gasteiger partial charge in [-0.3, -0.25) is 13.7 Å². The number of benzene rings is 1. The van der Waals surface area contributed by atoms with Crippen LogP contribution in [-0.2, 0) is 30.7 Å². The maximum absolute atomic E-state index is 14.4. The quantitative estimate of drug-likeness (QED) is 0.312. The molecule has 1 N–H and O–H groups in total. The third kappa shape index (κ3) is 6.39. The number of hydrogen-bond acceptors (Lipinski definition) is 8. The smallest absolute Gasteiger partial charge is 0.295 e. The minimum Gasteiger partial charge on any atom is -0.381 e. The first-order valence-corrected chi connectivity index (χ1v) is 16.7. The number of pyridine rings is 1. The number of hydrogen-bond donors (Lipinski definition) is 1. The Kier molecular flexibility index (Phi) is 8.40. The molecular weight excluding hydrogens is 580 g/mol. The number of fused-ring (bicyclic) bond motifs is 1. The molecule has 13 heteroatoms. The summed E-state index contributed by atoms with van der Waals surface area (Å²) in [5.74, 6) is -0.163.